The number of aryl methyl sites for hydroxylation is 1. The lowest BCUT2D eigenvalue weighted by Gasteiger charge is -2.06. The Morgan fingerprint density at radius 3 is 2.65 bits per heavy atom. The van der Waals surface area contributed by atoms with Gasteiger partial charge in [0.2, 0.25) is 5.91 Å². The summed E-state index contributed by atoms with van der Waals surface area (Å²) in [6.07, 6.45) is 0.361. The summed E-state index contributed by atoms with van der Waals surface area (Å²) in [5, 5.41) is 3.35. The summed E-state index contributed by atoms with van der Waals surface area (Å²) < 4.78 is 1.02. The van der Waals surface area contributed by atoms with Gasteiger partial charge in [0.15, 0.2) is 0 Å². The van der Waals surface area contributed by atoms with E-state index in [0.717, 1.165) is 19.8 Å². The van der Waals surface area contributed by atoms with Crippen molar-refractivity contribution in [2.24, 2.45) is 5.73 Å². The zero-order valence-electron chi connectivity index (χ0n) is 12.8. The van der Waals surface area contributed by atoms with Crippen LogP contribution in [0.3, 0.4) is 0 Å². The van der Waals surface area contributed by atoms with Crippen LogP contribution >= 0.6 is 39.0 Å². The van der Waals surface area contributed by atoms with E-state index in [1.165, 1.54) is 11.3 Å². The molecule has 0 spiro atoms. The normalized spacial score (nSPS) is 10.6. The van der Waals surface area contributed by atoms with Crippen LogP contribution in [0.25, 0.3) is 0 Å². The van der Waals surface area contributed by atoms with Gasteiger partial charge in [-0.25, -0.2) is 0 Å². The van der Waals surface area contributed by atoms with Gasteiger partial charge in [-0.15, -0.1) is 23.1 Å². The van der Waals surface area contributed by atoms with Crippen molar-refractivity contribution in [2.75, 3.05) is 11.1 Å². The molecule has 1 heterocycles. The molecule has 0 saturated heterocycles. The maximum Gasteiger partial charge on any atom is 0.251 e. The van der Waals surface area contributed by atoms with Crippen LogP contribution in [0.4, 0.5) is 5.00 Å². The van der Waals surface area contributed by atoms with Gasteiger partial charge in [0.25, 0.3) is 5.91 Å². The second-order valence-corrected chi connectivity index (χ2v) is 8.14. The van der Waals surface area contributed by atoms with Crippen molar-refractivity contribution in [1.82, 2.24) is 0 Å². The summed E-state index contributed by atoms with van der Waals surface area (Å²) in [6, 6.07) is 7.89. The second kappa shape index (κ2) is 7.99. The molecule has 0 unspecified atom stereocenters. The van der Waals surface area contributed by atoms with E-state index in [-0.39, 0.29) is 5.91 Å². The number of primary amides is 1. The fourth-order valence-electron chi connectivity index (χ4n) is 2.02. The molecule has 0 aliphatic heterocycles. The van der Waals surface area contributed by atoms with Crippen LogP contribution in [0, 0.1) is 13.8 Å². The molecule has 0 aliphatic carbocycles. The van der Waals surface area contributed by atoms with E-state index in [0.29, 0.717) is 22.7 Å². The third-order valence-electron chi connectivity index (χ3n) is 3.31. The molecule has 23 heavy (non-hydrogen) atoms. The average Bonchev–Trinajstić information content (AvgIpc) is 2.75. The molecule has 4 nitrogen and oxygen atoms in total. The Labute approximate surface area is 152 Å². The Morgan fingerprint density at radius 2 is 2.00 bits per heavy atom. The Hall–Kier alpha value is -1.31. The monoisotopic (exact) mass is 412 g/mol. The molecule has 0 saturated carbocycles. The van der Waals surface area contributed by atoms with Gasteiger partial charge < -0.3 is 11.1 Å². The Bertz CT molecular complexity index is 744. The van der Waals surface area contributed by atoms with E-state index in [2.05, 4.69) is 21.2 Å². The van der Waals surface area contributed by atoms with Gasteiger partial charge in [0.1, 0.15) is 5.00 Å². The molecule has 122 valence electrons. The lowest BCUT2D eigenvalue weighted by Crippen LogP contribution is -2.17. The van der Waals surface area contributed by atoms with Gasteiger partial charge in [-0.2, -0.15) is 0 Å². The van der Waals surface area contributed by atoms with Gasteiger partial charge in [-0.1, -0.05) is 12.1 Å². The van der Waals surface area contributed by atoms with Crippen LogP contribution in [0.5, 0.6) is 0 Å². The highest BCUT2D eigenvalue weighted by Gasteiger charge is 2.18. The molecular formula is C16H17BrN2O2S2. The number of anilines is 1. The van der Waals surface area contributed by atoms with Gasteiger partial charge in [0.05, 0.1) is 5.56 Å². The minimum atomic E-state index is -0.509. The molecule has 1 aromatic heterocycles. The summed E-state index contributed by atoms with van der Waals surface area (Å²) in [6.45, 7) is 3.75. The number of halogens is 1. The lowest BCUT2D eigenvalue weighted by molar-refractivity contribution is -0.115. The van der Waals surface area contributed by atoms with Crippen molar-refractivity contribution in [3.8, 4) is 0 Å². The number of rotatable bonds is 6. The third kappa shape index (κ3) is 4.59. The number of hydrogen-bond donors (Lipinski definition) is 2. The van der Waals surface area contributed by atoms with Gasteiger partial charge in [-0.05, 0) is 47.5 Å². The highest BCUT2D eigenvalue weighted by molar-refractivity contribution is 9.10. The van der Waals surface area contributed by atoms with E-state index in [4.69, 9.17) is 5.73 Å². The SMILES string of the molecule is Cc1sc(NC(=O)CCSc2ccccc2Br)c(C(N)=O)c1C. The average molecular weight is 413 g/mol. The van der Waals surface area contributed by atoms with Crippen molar-refractivity contribution in [3.63, 3.8) is 0 Å². The molecule has 3 N–H and O–H groups in total. The predicted octanol–water partition coefficient (Wildman–Crippen LogP) is 4.35. The van der Waals surface area contributed by atoms with E-state index in [1.807, 2.05) is 38.1 Å². The zero-order chi connectivity index (χ0) is 17.0. The fourth-order valence-corrected chi connectivity index (χ4v) is 4.61. The molecular weight excluding hydrogens is 396 g/mol. The van der Waals surface area contributed by atoms with E-state index >= 15 is 0 Å². The number of benzene rings is 1. The molecule has 0 radical (unpaired) electrons. The van der Waals surface area contributed by atoms with Crippen LogP contribution in [0.2, 0.25) is 0 Å². The first-order valence-electron chi connectivity index (χ1n) is 6.97. The Morgan fingerprint density at radius 1 is 1.30 bits per heavy atom. The second-order valence-electron chi connectivity index (χ2n) is 4.93. The lowest BCUT2D eigenvalue weighted by atomic mass is 10.1. The fraction of sp³-hybridized carbons (Fsp3) is 0.250. The maximum atomic E-state index is 12.1. The molecule has 0 aliphatic rings. The van der Waals surface area contributed by atoms with Crippen LogP contribution in [0.15, 0.2) is 33.6 Å². The van der Waals surface area contributed by atoms with E-state index in [1.54, 1.807) is 11.8 Å². The van der Waals surface area contributed by atoms with Gasteiger partial charge in [0, 0.05) is 26.4 Å². The summed E-state index contributed by atoms with van der Waals surface area (Å²) in [4.78, 5) is 25.7. The van der Waals surface area contributed by atoms with Crippen molar-refractivity contribution < 1.29 is 9.59 Å². The number of nitrogens with two attached hydrogens (primary N) is 1. The maximum absolute atomic E-state index is 12.1. The molecule has 0 fully saturated rings. The largest absolute Gasteiger partial charge is 0.365 e. The first-order valence-corrected chi connectivity index (χ1v) is 9.56. The van der Waals surface area contributed by atoms with Crippen LogP contribution in [0.1, 0.15) is 27.2 Å². The summed E-state index contributed by atoms with van der Waals surface area (Å²) in [7, 11) is 0. The quantitative estimate of drug-likeness (QED) is 0.692. The van der Waals surface area contributed by atoms with Crippen molar-refractivity contribution in [2.45, 2.75) is 25.2 Å². The van der Waals surface area contributed by atoms with Crippen LogP contribution < -0.4 is 11.1 Å². The summed E-state index contributed by atoms with van der Waals surface area (Å²) in [5.41, 5.74) is 6.65. The zero-order valence-corrected chi connectivity index (χ0v) is 16.0. The smallest absolute Gasteiger partial charge is 0.251 e. The van der Waals surface area contributed by atoms with Crippen LogP contribution in [-0.2, 0) is 4.79 Å². The molecule has 2 amide bonds. The first kappa shape index (κ1) is 18.0. The topological polar surface area (TPSA) is 72.2 Å². The minimum absolute atomic E-state index is 0.117. The van der Waals surface area contributed by atoms with Crippen LogP contribution in [-0.4, -0.2) is 17.6 Å². The predicted molar refractivity (Wildman–Crippen MR) is 100 cm³/mol. The molecule has 2 aromatic rings. The number of carbonyl (C=O) groups is 2. The highest BCUT2D eigenvalue weighted by atomic mass is 79.9. The summed E-state index contributed by atoms with van der Waals surface area (Å²) in [5.74, 6) is 0.0296. The number of thioether (sulfide) groups is 1. The van der Waals surface area contributed by atoms with Crippen molar-refractivity contribution >= 4 is 55.8 Å². The number of carbonyl (C=O) groups excluding carboxylic acids is 2. The molecule has 1 aromatic carbocycles. The highest BCUT2D eigenvalue weighted by Crippen LogP contribution is 2.32. The Balaban J connectivity index is 1.94. The summed E-state index contributed by atoms with van der Waals surface area (Å²) >= 11 is 6.47. The van der Waals surface area contributed by atoms with E-state index in [9.17, 15) is 9.59 Å². The van der Waals surface area contributed by atoms with Crippen molar-refractivity contribution in [3.05, 3.63) is 44.7 Å². The number of hydrogen-bond acceptors (Lipinski definition) is 4. The third-order valence-corrected chi connectivity index (χ3v) is 6.46. The molecule has 0 atom stereocenters. The van der Waals surface area contributed by atoms with Gasteiger partial charge in [-0.3, -0.25) is 9.59 Å². The molecule has 0 bridgehead atoms. The number of nitrogens with one attached hydrogen (secondary N) is 1. The van der Waals surface area contributed by atoms with E-state index < -0.39 is 5.91 Å². The standard InChI is InChI=1S/C16H17BrN2O2S2/c1-9-10(2)23-16(14(9)15(18)21)19-13(20)7-8-22-12-6-4-3-5-11(12)17/h3-6H,7-8H2,1-2H3,(H2,18,21)(H,19,20). The number of amides is 2. The molecule has 7 heteroatoms. The Kier molecular flexibility index (Phi) is 6.26. The van der Waals surface area contributed by atoms with Gasteiger partial charge >= 0.3 is 0 Å². The van der Waals surface area contributed by atoms with Crippen molar-refractivity contribution in [1.29, 1.82) is 0 Å². The molecule has 2 rings (SSSR count). The number of thiophene rings is 1. The first-order chi connectivity index (χ1) is 10.9. The minimum Gasteiger partial charge on any atom is -0.365 e.